The van der Waals surface area contributed by atoms with Crippen molar-refractivity contribution in [3.8, 4) is 0 Å². The molecule has 1 atom stereocenters. The Balaban J connectivity index is 1.86. The van der Waals surface area contributed by atoms with Crippen LogP contribution in [0.1, 0.15) is 44.8 Å². The second-order valence-electron chi connectivity index (χ2n) is 5.67. The smallest absolute Gasteiger partial charge is 0.185 e. The van der Waals surface area contributed by atoms with Crippen molar-refractivity contribution in [1.82, 2.24) is 10.3 Å². The third kappa shape index (κ3) is 4.43. The number of hydrogen-bond acceptors (Lipinski definition) is 5. The molecule has 0 saturated carbocycles. The highest BCUT2D eigenvalue weighted by Crippen LogP contribution is 2.25. The Hall–Kier alpha value is -0.650. The van der Waals surface area contributed by atoms with Crippen molar-refractivity contribution in [2.45, 2.75) is 39.2 Å². The summed E-state index contributed by atoms with van der Waals surface area (Å²) in [5.41, 5.74) is 1.16. The minimum atomic E-state index is 0.344. The molecule has 1 aromatic heterocycles. The standard InChI is InChI=1S/C15H27N3OS/c1-4-7-16-12(2)14-11-20-15(17-14)18(3)10-13-5-8-19-9-6-13/h11-13,16H,4-10H2,1-3H3. The number of hydrogen-bond donors (Lipinski definition) is 1. The fourth-order valence-electron chi connectivity index (χ4n) is 2.51. The summed E-state index contributed by atoms with van der Waals surface area (Å²) >= 11 is 1.75. The Kier molecular flexibility index (Phi) is 6.26. The van der Waals surface area contributed by atoms with Gasteiger partial charge in [0.05, 0.1) is 5.69 Å². The number of nitrogens with one attached hydrogen (secondary N) is 1. The number of rotatable bonds is 7. The van der Waals surface area contributed by atoms with Gasteiger partial charge < -0.3 is 15.0 Å². The van der Waals surface area contributed by atoms with Crippen LogP contribution >= 0.6 is 11.3 Å². The molecule has 4 nitrogen and oxygen atoms in total. The number of ether oxygens (including phenoxy) is 1. The Morgan fingerprint density at radius 3 is 2.95 bits per heavy atom. The third-order valence-corrected chi connectivity index (χ3v) is 4.83. The summed E-state index contributed by atoms with van der Waals surface area (Å²) in [6, 6.07) is 0.344. The molecular formula is C15H27N3OS. The normalized spacial score (nSPS) is 18.1. The average Bonchev–Trinajstić information content (AvgIpc) is 2.96. The van der Waals surface area contributed by atoms with Crippen LogP contribution in [0.25, 0.3) is 0 Å². The predicted molar refractivity (Wildman–Crippen MR) is 85.6 cm³/mol. The molecule has 2 rings (SSSR count). The van der Waals surface area contributed by atoms with E-state index in [1.54, 1.807) is 11.3 Å². The van der Waals surface area contributed by atoms with Crippen molar-refractivity contribution >= 4 is 16.5 Å². The molecule has 0 bridgehead atoms. The minimum Gasteiger partial charge on any atom is -0.381 e. The van der Waals surface area contributed by atoms with Gasteiger partial charge in [0, 0.05) is 38.2 Å². The molecule has 1 saturated heterocycles. The lowest BCUT2D eigenvalue weighted by Crippen LogP contribution is -2.29. The van der Waals surface area contributed by atoms with Crippen LogP contribution in [0.3, 0.4) is 0 Å². The highest BCUT2D eigenvalue weighted by atomic mass is 32.1. The van der Waals surface area contributed by atoms with Gasteiger partial charge in [0.15, 0.2) is 5.13 Å². The van der Waals surface area contributed by atoms with Gasteiger partial charge in [-0.2, -0.15) is 0 Å². The molecule has 0 aliphatic carbocycles. The van der Waals surface area contributed by atoms with Gasteiger partial charge in [-0.1, -0.05) is 6.92 Å². The van der Waals surface area contributed by atoms with Gasteiger partial charge in [0.2, 0.25) is 0 Å². The molecule has 1 aliphatic heterocycles. The zero-order valence-electron chi connectivity index (χ0n) is 12.9. The lowest BCUT2D eigenvalue weighted by Gasteiger charge is -2.26. The van der Waals surface area contributed by atoms with Crippen LogP contribution in [0.2, 0.25) is 0 Å². The Morgan fingerprint density at radius 2 is 2.25 bits per heavy atom. The minimum absolute atomic E-state index is 0.344. The van der Waals surface area contributed by atoms with E-state index in [9.17, 15) is 0 Å². The molecule has 0 spiro atoms. The lowest BCUT2D eigenvalue weighted by atomic mass is 10.0. The van der Waals surface area contributed by atoms with Crippen LogP contribution in [0.4, 0.5) is 5.13 Å². The van der Waals surface area contributed by atoms with Gasteiger partial charge in [-0.3, -0.25) is 0 Å². The van der Waals surface area contributed by atoms with Crippen molar-refractivity contribution in [1.29, 1.82) is 0 Å². The first-order valence-corrected chi connectivity index (χ1v) is 8.56. The van der Waals surface area contributed by atoms with Gasteiger partial charge >= 0.3 is 0 Å². The SMILES string of the molecule is CCCNC(C)c1csc(N(C)CC2CCOCC2)n1. The van der Waals surface area contributed by atoms with E-state index < -0.39 is 0 Å². The van der Waals surface area contributed by atoms with E-state index in [1.165, 1.54) is 12.8 Å². The van der Waals surface area contributed by atoms with Crippen molar-refractivity contribution in [3.63, 3.8) is 0 Å². The molecule has 1 unspecified atom stereocenters. The van der Waals surface area contributed by atoms with Crippen LogP contribution < -0.4 is 10.2 Å². The quantitative estimate of drug-likeness (QED) is 0.839. The second kappa shape index (κ2) is 7.96. The molecule has 2 heterocycles. The number of thiazole rings is 1. The zero-order chi connectivity index (χ0) is 14.4. The molecule has 0 radical (unpaired) electrons. The molecular weight excluding hydrogens is 270 g/mol. The molecule has 0 aromatic carbocycles. The predicted octanol–water partition coefficient (Wildman–Crippen LogP) is 3.07. The monoisotopic (exact) mass is 297 g/mol. The molecule has 20 heavy (non-hydrogen) atoms. The maximum absolute atomic E-state index is 5.42. The molecule has 1 fully saturated rings. The first kappa shape index (κ1) is 15.7. The van der Waals surface area contributed by atoms with E-state index in [2.05, 4.69) is 36.5 Å². The average molecular weight is 297 g/mol. The second-order valence-corrected chi connectivity index (χ2v) is 6.50. The summed E-state index contributed by atoms with van der Waals surface area (Å²) in [7, 11) is 2.15. The number of nitrogens with zero attached hydrogens (tertiary/aromatic N) is 2. The van der Waals surface area contributed by atoms with E-state index in [0.29, 0.717) is 6.04 Å². The van der Waals surface area contributed by atoms with Crippen LogP contribution in [-0.2, 0) is 4.74 Å². The Morgan fingerprint density at radius 1 is 1.50 bits per heavy atom. The summed E-state index contributed by atoms with van der Waals surface area (Å²) in [5.74, 6) is 0.747. The first-order valence-electron chi connectivity index (χ1n) is 7.68. The van der Waals surface area contributed by atoms with Crippen LogP contribution in [-0.4, -0.2) is 38.3 Å². The van der Waals surface area contributed by atoms with Crippen molar-refractivity contribution in [2.75, 3.05) is 38.3 Å². The molecule has 1 N–H and O–H groups in total. The van der Waals surface area contributed by atoms with E-state index >= 15 is 0 Å². The van der Waals surface area contributed by atoms with E-state index in [0.717, 1.165) is 49.5 Å². The highest BCUT2D eigenvalue weighted by molar-refractivity contribution is 7.13. The lowest BCUT2D eigenvalue weighted by molar-refractivity contribution is 0.0685. The van der Waals surface area contributed by atoms with Crippen LogP contribution in [0.15, 0.2) is 5.38 Å². The van der Waals surface area contributed by atoms with E-state index in [4.69, 9.17) is 9.72 Å². The Labute approximate surface area is 126 Å². The topological polar surface area (TPSA) is 37.4 Å². The third-order valence-electron chi connectivity index (χ3n) is 3.85. The molecule has 5 heteroatoms. The van der Waals surface area contributed by atoms with Crippen LogP contribution in [0.5, 0.6) is 0 Å². The summed E-state index contributed by atoms with van der Waals surface area (Å²) < 4.78 is 5.42. The maximum Gasteiger partial charge on any atom is 0.185 e. The van der Waals surface area contributed by atoms with E-state index in [-0.39, 0.29) is 0 Å². The van der Waals surface area contributed by atoms with Gasteiger partial charge in [-0.15, -0.1) is 11.3 Å². The number of aromatic nitrogens is 1. The zero-order valence-corrected chi connectivity index (χ0v) is 13.7. The maximum atomic E-state index is 5.42. The van der Waals surface area contributed by atoms with Gasteiger partial charge in [-0.05, 0) is 38.6 Å². The van der Waals surface area contributed by atoms with E-state index in [1.807, 2.05) is 0 Å². The van der Waals surface area contributed by atoms with Crippen LogP contribution in [0, 0.1) is 5.92 Å². The molecule has 1 aliphatic rings. The Bertz CT molecular complexity index is 390. The largest absolute Gasteiger partial charge is 0.381 e. The summed E-state index contributed by atoms with van der Waals surface area (Å²) in [6.45, 7) is 8.35. The van der Waals surface area contributed by atoms with Crippen molar-refractivity contribution < 1.29 is 4.74 Å². The fraction of sp³-hybridized carbons (Fsp3) is 0.800. The number of anilines is 1. The summed E-state index contributed by atoms with van der Waals surface area (Å²) in [4.78, 5) is 7.08. The highest BCUT2D eigenvalue weighted by Gasteiger charge is 2.18. The van der Waals surface area contributed by atoms with Gasteiger partial charge in [0.1, 0.15) is 0 Å². The van der Waals surface area contributed by atoms with Gasteiger partial charge in [0.25, 0.3) is 0 Å². The van der Waals surface area contributed by atoms with Crippen molar-refractivity contribution in [3.05, 3.63) is 11.1 Å². The summed E-state index contributed by atoms with van der Waals surface area (Å²) in [5, 5.41) is 6.81. The molecule has 114 valence electrons. The van der Waals surface area contributed by atoms with Crippen molar-refractivity contribution in [2.24, 2.45) is 5.92 Å². The fourth-order valence-corrected chi connectivity index (χ4v) is 3.41. The summed E-state index contributed by atoms with van der Waals surface area (Å²) in [6.07, 6.45) is 3.51. The molecule has 0 amide bonds. The van der Waals surface area contributed by atoms with Gasteiger partial charge in [-0.25, -0.2) is 4.98 Å². The first-order chi connectivity index (χ1) is 9.70. The molecule has 1 aromatic rings.